The van der Waals surface area contributed by atoms with Crippen molar-refractivity contribution in [3.63, 3.8) is 0 Å². The number of hydrogen-bond acceptors (Lipinski definition) is 3. The van der Waals surface area contributed by atoms with Crippen molar-refractivity contribution in [2.75, 3.05) is 26.9 Å². The SMILES string of the molecule is COC[C@@H](NC(=O)N1CCO[C@H]2CCC[C@H]21)c1ccc(Cl)cc1. The maximum absolute atomic E-state index is 12.7. The van der Waals surface area contributed by atoms with Crippen molar-refractivity contribution in [2.24, 2.45) is 0 Å². The van der Waals surface area contributed by atoms with Gasteiger partial charge in [-0.05, 0) is 37.0 Å². The van der Waals surface area contributed by atoms with Gasteiger partial charge >= 0.3 is 6.03 Å². The standard InChI is InChI=1S/C17H23ClN2O3/c1-22-11-14(12-5-7-13(18)8-6-12)19-17(21)20-9-10-23-16-4-2-3-15(16)20/h5-8,14-16H,2-4,9-11H2,1H3,(H,19,21)/t14-,15-,16+/m1/s1. The molecule has 6 heteroatoms. The van der Waals surface area contributed by atoms with Gasteiger partial charge in [0.1, 0.15) is 0 Å². The Bertz CT molecular complexity index is 537. The summed E-state index contributed by atoms with van der Waals surface area (Å²) in [5, 5.41) is 3.78. The van der Waals surface area contributed by atoms with E-state index < -0.39 is 0 Å². The highest BCUT2D eigenvalue weighted by Gasteiger charge is 2.38. The van der Waals surface area contributed by atoms with Crippen molar-refractivity contribution in [3.05, 3.63) is 34.9 Å². The van der Waals surface area contributed by atoms with Gasteiger partial charge in [-0.3, -0.25) is 0 Å². The summed E-state index contributed by atoms with van der Waals surface area (Å²) in [6.07, 6.45) is 3.39. The van der Waals surface area contributed by atoms with Crippen LogP contribution in [0.25, 0.3) is 0 Å². The lowest BCUT2D eigenvalue weighted by molar-refractivity contribution is -0.0389. The first-order valence-electron chi connectivity index (χ1n) is 8.12. The van der Waals surface area contributed by atoms with E-state index in [1.165, 1.54) is 0 Å². The summed E-state index contributed by atoms with van der Waals surface area (Å²) in [6.45, 7) is 1.68. The smallest absolute Gasteiger partial charge is 0.318 e. The zero-order valence-electron chi connectivity index (χ0n) is 13.3. The first-order chi connectivity index (χ1) is 11.2. The quantitative estimate of drug-likeness (QED) is 0.918. The Hall–Kier alpha value is -1.30. The van der Waals surface area contributed by atoms with Crippen molar-refractivity contribution in [1.82, 2.24) is 10.2 Å². The summed E-state index contributed by atoms with van der Waals surface area (Å²) in [6, 6.07) is 7.47. The summed E-state index contributed by atoms with van der Waals surface area (Å²) in [5.74, 6) is 0. The average Bonchev–Trinajstić information content (AvgIpc) is 3.03. The van der Waals surface area contributed by atoms with Crippen LogP contribution < -0.4 is 5.32 Å². The first-order valence-corrected chi connectivity index (χ1v) is 8.50. The molecule has 1 aromatic rings. The van der Waals surface area contributed by atoms with Crippen molar-refractivity contribution >= 4 is 17.6 Å². The lowest BCUT2D eigenvalue weighted by Crippen LogP contribution is -2.55. The summed E-state index contributed by atoms with van der Waals surface area (Å²) in [7, 11) is 1.64. The molecule has 1 aliphatic heterocycles. The Morgan fingerprint density at radius 2 is 2.22 bits per heavy atom. The summed E-state index contributed by atoms with van der Waals surface area (Å²) in [4.78, 5) is 14.7. The Morgan fingerprint density at radius 1 is 1.43 bits per heavy atom. The number of rotatable bonds is 4. The fourth-order valence-electron chi connectivity index (χ4n) is 3.49. The highest BCUT2D eigenvalue weighted by atomic mass is 35.5. The van der Waals surface area contributed by atoms with Crippen LogP contribution in [-0.4, -0.2) is 49.9 Å². The van der Waals surface area contributed by atoms with E-state index in [0.29, 0.717) is 24.8 Å². The predicted molar refractivity (Wildman–Crippen MR) is 88.7 cm³/mol. The van der Waals surface area contributed by atoms with E-state index in [1.807, 2.05) is 29.2 Å². The molecule has 2 amide bonds. The van der Waals surface area contributed by atoms with Gasteiger partial charge in [-0.1, -0.05) is 23.7 Å². The van der Waals surface area contributed by atoms with Crippen LogP contribution in [0.4, 0.5) is 4.79 Å². The number of ether oxygens (including phenoxy) is 2. The number of carbonyl (C=O) groups excluding carboxylic acids is 1. The summed E-state index contributed by atoms with van der Waals surface area (Å²) < 4.78 is 11.0. The molecule has 0 unspecified atom stereocenters. The van der Waals surface area contributed by atoms with Gasteiger partial charge in [0.15, 0.2) is 0 Å². The maximum Gasteiger partial charge on any atom is 0.318 e. The second-order valence-corrected chi connectivity index (χ2v) is 6.55. The molecule has 1 N–H and O–H groups in total. The molecule has 23 heavy (non-hydrogen) atoms. The Labute approximate surface area is 141 Å². The number of methoxy groups -OCH3 is 1. The maximum atomic E-state index is 12.7. The fraction of sp³-hybridized carbons (Fsp3) is 0.588. The van der Waals surface area contributed by atoms with Crippen LogP contribution in [0.5, 0.6) is 0 Å². The van der Waals surface area contributed by atoms with E-state index in [1.54, 1.807) is 7.11 Å². The Morgan fingerprint density at radius 3 is 2.96 bits per heavy atom. The lowest BCUT2D eigenvalue weighted by Gasteiger charge is -2.38. The molecule has 126 valence electrons. The molecule has 1 aliphatic carbocycles. The molecule has 2 fully saturated rings. The van der Waals surface area contributed by atoms with Gasteiger partial charge in [-0.15, -0.1) is 0 Å². The lowest BCUT2D eigenvalue weighted by atomic mass is 10.1. The third-order valence-electron chi connectivity index (χ3n) is 4.65. The minimum Gasteiger partial charge on any atom is -0.382 e. The number of fused-ring (bicyclic) bond motifs is 1. The van der Waals surface area contributed by atoms with Gasteiger partial charge in [0.25, 0.3) is 0 Å². The molecule has 0 radical (unpaired) electrons. The molecule has 5 nitrogen and oxygen atoms in total. The minimum absolute atomic E-state index is 0.0396. The molecular formula is C17H23ClN2O3. The normalized spacial score (nSPS) is 25.0. The molecule has 1 aromatic carbocycles. The number of hydrogen-bond donors (Lipinski definition) is 1. The highest BCUT2D eigenvalue weighted by molar-refractivity contribution is 6.30. The van der Waals surface area contributed by atoms with Crippen LogP contribution in [0, 0.1) is 0 Å². The fourth-order valence-corrected chi connectivity index (χ4v) is 3.62. The summed E-state index contributed by atoms with van der Waals surface area (Å²) in [5.41, 5.74) is 0.987. The number of nitrogens with zero attached hydrogens (tertiary/aromatic N) is 1. The van der Waals surface area contributed by atoms with Gasteiger partial charge in [-0.2, -0.15) is 0 Å². The first kappa shape index (κ1) is 16.6. The third kappa shape index (κ3) is 3.79. The molecule has 3 rings (SSSR count). The second-order valence-electron chi connectivity index (χ2n) is 6.11. The van der Waals surface area contributed by atoms with Crippen LogP contribution in [-0.2, 0) is 9.47 Å². The van der Waals surface area contributed by atoms with Crippen LogP contribution >= 0.6 is 11.6 Å². The summed E-state index contributed by atoms with van der Waals surface area (Å²) >= 11 is 5.94. The molecule has 0 spiro atoms. The number of morpholine rings is 1. The number of nitrogens with one attached hydrogen (secondary N) is 1. The number of halogens is 1. The van der Waals surface area contributed by atoms with E-state index in [2.05, 4.69) is 5.32 Å². The van der Waals surface area contributed by atoms with Crippen molar-refractivity contribution in [2.45, 2.75) is 37.5 Å². The molecule has 0 bridgehead atoms. The number of benzene rings is 1. The molecule has 3 atom stereocenters. The molecule has 2 aliphatic rings. The van der Waals surface area contributed by atoms with E-state index in [4.69, 9.17) is 21.1 Å². The minimum atomic E-state index is -0.188. The average molecular weight is 339 g/mol. The number of urea groups is 1. The van der Waals surface area contributed by atoms with E-state index in [-0.39, 0.29) is 24.2 Å². The van der Waals surface area contributed by atoms with Gasteiger partial charge < -0.3 is 19.7 Å². The zero-order valence-corrected chi connectivity index (χ0v) is 14.1. The van der Waals surface area contributed by atoms with Crippen LogP contribution in [0.2, 0.25) is 5.02 Å². The molecular weight excluding hydrogens is 316 g/mol. The largest absolute Gasteiger partial charge is 0.382 e. The van der Waals surface area contributed by atoms with E-state index in [0.717, 1.165) is 24.8 Å². The number of carbonyl (C=O) groups is 1. The monoisotopic (exact) mass is 338 g/mol. The molecule has 1 saturated carbocycles. The predicted octanol–water partition coefficient (Wildman–Crippen LogP) is 2.99. The highest BCUT2D eigenvalue weighted by Crippen LogP contribution is 2.30. The van der Waals surface area contributed by atoms with Gasteiger partial charge in [0.05, 0.1) is 31.4 Å². The molecule has 0 aromatic heterocycles. The van der Waals surface area contributed by atoms with Crippen molar-refractivity contribution < 1.29 is 14.3 Å². The van der Waals surface area contributed by atoms with Crippen LogP contribution in [0.3, 0.4) is 0 Å². The Kier molecular flexibility index (Phi) is 5.41. The van der Waals surface area contributed by atoms with Gasteiger partial charge in [0.2, 0.25) is 0 Å². The van der Waals surface area contributed by atoms with Crippen molar-refractivity contribution in [1.29, 1.82) is 0 Å². The van der Waals surface area contributed by atoms with Crippen LogP contribution in [0.15, 0.2) is 24.3 Å². The van der Waals surface area contributed by atoms with E-state index in [9.17, 15) is 4.79 Å². The number of amides is 2. The molecule has 1 heterocycles. The third-order valence-corrected chi connectivity index (χ3v) is 4.90. The second kappa shape index (κ2) is 7.51. The topological polar surface area (TPSA) is 50.8 Å². The Balaban J connectivity index is 1.69. The zero-order chi connectivity index (χ0) is 16.2. The van der Waals surface area contributed by atoms with E-state index >= 15 is 0 Å². The molecule has 1 saturated heterocycles. The van der Waals surface area contributed by atoms with Crippen LogP contribution in [0.1, 0.15) is 30.9 Å². The van der Waals surface area contributed by atoms with Crippen molar-refractivity contribution in [3.8, 4) is 0 Å². The van der Waals surface area contributed by atoms with Gasteiger partial charge in [-0.25, -0.2) is 4.79 Å². The van der Waals surface area contributed by atoms with Gasteiger partial charge in [0, 0.05) is 18.7 Å².